The van der Waals surface area contributed by atoms with E-state index in [0.717, 1.165) is 36.9 Å². The van der Waals surface area contributed by atoms with E-state index in [0.29, 0.717) is 12.0 Å². The Morgan fingerprint density at radius 2 is 2.09 bits per heavy atom. The molecule has 2 N–H and O–H groups in total. The van der Waals surface area contributed by atoms with Gasteiger partial charge in [0.2, 0.25) is 5.91 Å². The van der Waals surface area contributed by atoms with Gasteiger partial charge in [0.1, 0.15) is 0 Å². The van der Waals surface area contributed by atoms with Crippen molar-refractivity contribution in [2.75, 3.05) is 19.6 Å². The van der Waals surface area contributed by atoms with Crippen LogP contribution >= 0.6 is 0 Å². The van der Waals surface area contributed by atoms with E-state index in [2.05, 4.69) is 16.3 Å². The molecule has 4 nitrogen and oxygen atoms in total. The number of hydrogen-bond donors (Lipinski definition) is 2. The second-order valence-corrected chi connectivity index (χ2v) is 7.35. The van der Waals surface area contributed by atoms with Crippen LogP contribution in [0.2, 0.25) is 0 Å². The largest absolute Gasteiger partial charge is 0.392 e. The van der Waals surface area contributed by atoms with Crippen molar-refractivity contribution < 1.29 is 9.90 Å². The summed E-state index contributed by atoms with van der Waals surface area (Å²) in [7, 11) is 0. The van der Waals surface area contributed by atoms with Crippen molar-refractivity contribution in [3.05, 3.63) is 34.9 Å². The maximum Gasteiger partial charge on any atom is 0.227 e. The lowest BCUT2D eigenvalue weighted by Gasteiger charge is -2.45. The molecule has 0 spiro atoms. The summed E-state index contributed by atoms with van der Waals surface area (Å²) in [4.78, 5) is 15.4. The number of aliphatic hydroxyl groups excluding tert-OH is 1. The van der Waals surface area contributed by atoms with Crippen LogP contribution in [0.5, 0.6) is 0 Å². The Balaban J connectivity index is 1.54. The Bertz CT molecular complexity index is 579. The maximum atomic E-state index is 13.0. The fourth-order valence-electron chi connectivity index (χ4n) is 4.78. The maximum absolute atomic E-state index is 13.0. The summed E-state index contributed by atoms with van der Waals surface area (Å²) >= 11 is 0. The van der Waals surface area contributed by atoms with Gasteiger partial charge < -0.3 is 15.3 Å². The van der Waals surface area contributed by atoms with E-state index in [9.17, 15) is 9.90 Å². The van der Waals surface area contributed by atoms with Gasteiger partial charge in [-0.05, 0) is 67.8 Å². The summed E-state index contributed by atoms with van der Waals surface area (Å²) in [6.07, 6.45) is 5.41. The minimum Gasteiger partial charge on any atom is -0.392 e. The highest BCUT2D eigenvalue weighted by atomic mass is 16.3. The van der Waals surface area contributed by atoms with Crippen molar-refractivity contribution in [2.45, 2.75) is 50.7 Å². The molecule has 2 atom stereocenters. The Labute approximate surface area is 137 Å². The molecule has 1 aliphatic carbocycles. The molecule has 3 aliphatic heterocycles. The molecular formula is C19H26N2O2. The second-order valence-electron chi connectivity index (χ2n) is 7.35. The topological polar surface area (TPSA) is 52.6 Å². The van der Waals surface area contributed by atoms with E-state index in [4.69, 9.17) is 0 Å². The van der Waals surface area contributed by atoms with Crippen LogP contribution in [-0.4, -0.2) is 41.6 Å². The Morgan fingerprint density at radius 1 is 1.26 bits per heavy atom. The quantitative estimate of drug-likeness (QED) is 0.895. The molecule has 124 valence electrons. The fourth-order valence-corrected chi connectivity index (χ4v) is 4.78. The predicted octanol–water partition coefficient (Wildman–Crippen LogP) is 1.81. The second kappa shape index (κ2) is 6.25. The number of nitrogens with zero attached hydrogens (tertiary/aromatic N) is 1. The molecule has 0 aromatic heterocycles. The van der Waals surface area contributed by atoms with Gasteiger partial charge in [-0.2, -0.15) is 0 Å². The molecule has 1 amide bonds. The van der Waals surface area contributed by atoms with Gasteiger partial charge >= 0.3 is 0 Å². The molecule has 1 aromatic carbocycles. The lowest BCUT2D eigenvalue weighted by atomic mass is 9.78. The summed E-state index contributed by atoms with van der Waals surface area (Å²) in [6, 6.07) is 6.38. The minimum absolute atomic E-state index is 0.0206. The number of hydrogen-bond acceptors (Lipinski definition) is 3. The Kier molecular flexibility index (Phi) is 4.12. The van der Waals surface area contributed by atoms with Gasteiger partial charge in [0.25, 0.3) is 0 Å². The highest BCUT2D eigenvalue weighted by molar-refractivity contribution is 5.85. The number of carbonyl (C=O) groups is 1. The smallest absolute Gasteiger partial charge is 0.227 e. The van der Waals surface area contributed by atoms with Gasteiger partial charge in [0.05, 0.1) is 12.5 Å². The summed E-state index contributed by atoms with van der Waals surface area (Å²) in [5.41, 5.74) is 3.27. The van der Waals surface area contributed by atoms with Crippen molar-refractivity contribution >= 4 is 5.91 Å². The zero-order chi connectivity index (χ0) is 15.8. The number of carbonyl (C=O) groups excluding carboxylic acids is 1. The van der Waals surface area contributed by atoms with Crippen molar-refractivity contribution in [1.29, 1.82) is 0 Å². The number of aryl methyl sites for hydroxylation is 1. The predicted molar refractivity (Wildman–Crippen MR) is 89.1 cm³/mol. The molecule has 3 heterocycles. The van der Waals surface area contributed by atoms with Crippen LogP contribution in [0.25, 0.3) is 0 Å². The van der Waals surface area contributed by atoms with Crippen LogP contribution in [0, 0.1) is 5.92 Å². The van der Waals surface area contributed by atoms with E-state index in [1.165, 1.54) is 31.5 Å². The van der Waals surface area contributed by atoms with E-state index in [1.807, 2.05) is 12.1 Å². The number of nitrogens with one attached hydrogen (secondary N) is 1. The fraction of sp³-hybridized carbons (Fsp3) is 0.632. The first-order valence-electron chi connectivity index (χ1n) is 9.00. The first-order chi connectivity index (χ1) is 11.3. The molecule has 23 heavy (non-hydrogen) atoms. The van der Waals surface area contributed by atoms with Crippen LogP contribution in [0.15, 0.2) is 18.2 Å². The first kappa shape index (κ1) is 15.2. The van der Waals surface area contributed by atoms with Gasteiger partial charge in [-0.25, -0.2) is 0 Å². The standard InChI is InChI=1S/C19H26N2O2/c22-12-15-5-1-3-14-4-2-6-16(18(14)15)19(23)20-17-11-21-9-7-13(17)8-10-21/h1,3,5,13,16-17,22H,2,4,6-12H2,(H,20,23)/t16?,17-/m1/s1. The number of rotatable bonds is 3. The van der Waals surface area contributed by atoms with E-state index < -0.39 is 0 Å². The van der Waals surface area contributed by atoms with Crippen molar-refractivity contribution in [2.24, 2.45) is 5.92 Å². The van der Waals surface area contributed by atoms with Crippen molar-refractivity contribution in [3.63, 3.8) is 0 Å². The lowest BCUT2D eigenvalue weighted by Crippen LogP contribution is -2.57. The molecule has 5 rings (SSSR count). The third-order valence-electron chi connectivity index (χ3n) is 6.04. The van der Waals surface area contributed by atoms with E-state index >= 15 is 0 Å². The van der Waals surface area contributed by atoms with Crippen LogP contribution in [0.3, 0.4) is 0 Å². The van der Waals surface area contributed by atoms with Crippen LogP contribution < -0.4 is 5.32 Å². The van der Waals surface area contributed by atoms with E-state index in [-0.39, 0.29) is 18.4 Å². The first-order valence-corrected chi connectivity index (χ1v) is 9.00. The summed E-state index contributed by atoms with van der Waals surface area (Å²) in [5.74, 6) is 0.739. The highest BCUT2D eigenvalue weighted by Gasteiger charge is 2.37. The minimum atomic E-state index is -0.0856. The molecule has 3 saturated heterocycles. The zero-order valence-electron chi connectivity index (χ0n) is 13.6. The summed E-state index contributed by atoms with van der Waals surface area (Å²) in [6.45, 7) is 3.42. The number of amides is 1. The van der Waals surface area contributed by atoms with Gasteiger partial charge in [0.15, 0.2) is 0 Å². The van der Waals surface area contributed by atoms with Crippen LogP contribution in [0.4, 0.5) is 0 Å². The summed E-state index contributed by atoms with van der Waals surface area (Å²) in [5, 5.41) is 13.0. The number of benzene rings is 1. The van der Waals surface area contributed by atoms with Crippen LogP contribution in [-0.2, 0) is 17.8 Å². The SMILES string of the molecule is O=C(N[C@@H]1CN2CCC1CC2)C1CCCc2cccc(CO)c21. The molecule has 1 unspecified atom stereocenters. The summed E-state index contributed by atoms with van der Waals surface area (Å²) < 4.78 is 0. The van der Waals surface area contributed by atoms with Crippen molar-refractivity contribution in [3.8, 4) is 0 Å². The molecule has 2 bridgehead atoms. The molecule has 0 radical (unpaired) electrons. The highest BCUT2D eigenvalue weighted by Crippen LogP contribution is 2.35. The molecule has 3 fully saturated rings. The monoisotopic (exact) mass is 314 g/mol. The van der Waals surface area contributed by atoms with Gasteiger partial charge in [-0.15, -0.1) is 0 Å². The molecule has 4 aliphatic rings. The normalized spacial score (nSPS) is 32.4. The third-order valence-corrected chi connectivity index (χ3v) is 6.04. The zero-order valence-corrected chi connectivity index (χ0v) is 13.6. The molecular weight excluding hydrogens is 288 g/mol. The van der Waals surface area contributed by atoms with Gasteiger partial charge in [-0.3, -0.25) is 4.79 Å². The number of piperidine rings is 3. The molecule has 4 heteroatoms. The average molecular weight is 314 g/mol. The number of aliphatic hydroxyl groups is 1. The average Bonchev–Trinajstić information content (AvgIpc) is 2.61. The van der Waals surface area contributed by atoms with Crippen LogP contribution in [0.1, 0.15) is 48.3 Å². The molecule has 1 aromatic rings. The molecule has 0 saturated carbocycles. The van der Waals surface area contributed by atoms with Gasteiger partial charge in [-0.1, -0.05) is 18.2 Å². The van der Waals surface area contributed by atoms with Crippen molar-refractivity contribution in [1.82, 2.24) is 10.2 Å². The Morgan fingerprint density at radius 3 is 2.78 bits per heavy atom. The van der Waals surface area contributed by atoms with E-state index in [1.54, 1.807) is 0 Å². The van der Waals surface area contributed by atoms with Gasteiger partial charge in [0, 0.05) is 12.6 Å². The third kappa shape index (κ3) is 2.79. The Hall–Kier alpha value is -1.39. The lowest BCUT2D eigenvalue weighted by molar-refractivity contribution is -0.125. The number of fused-ring (bicyclic) bond motifs is 4.